The zero-order valence-electron chi connectivity index (χ0n) is 24.5. The van der Waals surface area contributed by atoms with E-state index in [0.29, 0.717) is 52.7 Å². The SMILES string of the molecule is Cc1cc2[nH]ncc2c(-c2nc3c4c(nc(OC[C@@]56CCCN5C[C@H](F)C6)nc4c2F)N2C[C@H]4CC[C@H](N4)[C@H]2[C@H](C)O3)c1Cl. The van der Waals surface area contributed by atoms with Gasteiger partial charge in [-0.15, -0.1) is 0 Å². The summed E-state index contributed by atoms with van der Waals surface area (Å²) in [6.45, 7) is 6.10. The zero-order chi connectivity index (χ0) is 29.9. The van der Waals surface area contributed by atoms with Gasteiger partial charge < -0.3 is 19.7 Å². The van der Waals surface area contributed by atoms with Crippen LogP contribution in [0.15, 0.2) is 12.3 Å². The fraction of sp³-hybridized carbons (Fsp3) is 0.548. The van der Waals surface area contributed by atoms with Crippen LogP contribution in [0.25, 0.3) is 33.1 Å². The molecule has 3 aromatic heterocycles. The summed E-state index contributed by atoms with van der Waals surface area (Å²) in [4.78, 5) is 18.9. The van der Waals surface area contributed by atoms with Crippen LogP contribution in [0.2, 0.25) is 5.02 Å². The molecule has 0 unspecified atom stereocenters. The number of anilines is 1. The number of benzene rings is 1. The standard InChI is InChI=1S/C31H33ClF2N8O2/c1-14-8-20-18(10-35-40-20)21(23(14)32)25-24(34)26-22-28(39-30(38-26)43-13-31-6-3-7-41(31)11-16(33)9-31)42-12-17-4-5-19(36-17)27(42)15(2)44-29(22)37-25/h8,10,15-17,19,27,36H,3-7,9,11-13H2,1-2H3,(H,35,40)/t15-,16+,17+,19-,27+,31-/m0/s1. The molecule has 1 aromatic carbocycles. The number of rotatable bonds is 4. The van der Waals surface area contributed by atoms with Crippen molar-refractivity contribution in [3.05, 3.63) is 28.7 Å². The van der Waals surface area contributed by atoms with Gasteiger partial charge in [0.25, 0.3) is 0 Å². The van der Waals surface area contributed by atoms with Gasteiger partial charge in [-0.1, -0.05) is 11.6 Å². The number of hydrogen-bond acceptors (Lipinski definition) is 9. The normalized spacial score (nSPS) is 30.9. The van der Waals surface area contributed by atoms with Crippen molar-refractivity contribution in [1.29, 1.82) is 0 Å². The summed E-state index contributed by atoms with van der Waals surface area (Å²) in [5, 5.41) is 12.3. The Hall–Kier alpha value is -3.35. The molecule has 4 saturated heterocycles. The minimum atomic E-state index is -0.885. The Labute approximate surface area is 257 Å². The van der Waals surface area contributed by atoms with Crippen LogP contribution in [0.3, 0.4) is 0 Å². The first-order valence-electron chi connectivity index (χ1n) is 15.5. The van der Waals surface area contributed by atoms with E-state index in [1.165, 1.54) is 0 Å². The van der Waals surface area contributed by atoms with Crippen LogP contribution < -0.4 is 19.7 Å². The van der Waals surface area contributed by atoms with Gasteiger partial charge >= 0.3 is 6.01 Å². The number of pyridine rings is 1. The lowest BCUT2D eigenvalue weighted by Gasteiger charge is -2.42. The quantitative estimate of drug-likeness (QED) is 0.335. The van der Waals surface area contributed by atoms with Crippen LogP contribution in [-0.2, 0) is 0 Å². The van der Waals surface area contributed by atoms with Crippen molar-refractivity contribution >= 4 is 39.2 Å². The number of aromatic amines is 1. The Kier molecular flexibility index (Phi) is 5.88. The first-order valence-corrected chi connectivity index (χ1v) is 15.9. The van der Waals surface area contributed by atoms with Crippen LogP contribution in [0.5, 0.6) is 11.9 Å². The van der Waals surface area contributed by atoms with Gasteiger partial charge in [0.05, 0.1) is 28.3 Å². The average molecular weight is 623 g/mol. The van der Waals surface area contributed by atoms with E-state index >= 15 is 4.39 Å². The molecule has 4 fully saturated rings. The maximum Gasteiger partial charge on any atom is 0.319 e. The molecule has 0 radical (unpaired) electrons. The van der Waals surface area contributed by atoms with Crippen molar-refractivity contribution in [3.8, 4) is 23.1 Å². The zero-order valence-corrected chi connectivity index (χ0v) is 25.3. The molecule has 2 bridgehead atoms. The summed E-state index contributed by atoms with van der Waals surface area (Å²) in [5.74, 6) is 0.192. The van der Waals surface area contributed by atoms with E-state index in [9.17, 15) is 4.39 Å². The third kappa shape index (κ3) is 3.83. The number of halogens is 3. The second kappa shape index (κ2) is 9.58. The van der Waals surface area contributed by atoms with E-state index in [-0.39, 0.29) is 47.9 Å². The van der Waals surface area contributed by atoms with Gasteiger partial charge in [-0.2, -0.15) is 15.1 Å². The summed E-state index contributed by atoms with van der Waals surface area (Å²) < 4.78 is 44.4. The molecule has 9 rings (SSSR count). The number of aryl methyl sites for hydroxylation is 1. The van der Waals surface area contributed by atoms with Gasteiger partial charge in [-0.25, -0.2) is 13.8 Å². The number of alkyl halides is 1. The number of piperazine rings is 1. The molecule has 2 N–H and O–H groups in total. The van der Waals surface area contributed by atoms with E-state index < -0.39 is 17.5 Å². The molecule has 13 heteroatoms. The Morgan fingerprint density at radius 2 is 2.11 bits per heavy atom. The van der Waals surface area contributed by atoms with E-state index in [1.54, 1.807) is 6.20 Å². The molecule has 8 heterocycles. The fourth-order valence-corrected chi connectivity index (χ4v) is 8.85. The number of aromatic nitrogens is 5. The molecule has 6 atom stereocenters. The van der Waals surface area contributed by atoms with Gasteiger partial charge in [0.2, 0.25) is 5.88 Å². The molecular formula is C31H33ClF2N8O2. The van der Waals surface area contributed by atoms with Crippen LogP contribution in [0, 0.1) is 12.7 Å². The van der Waals surface area contributed by atoms with Gasteiger partial charge in [0.15, 0.2) is 5.82 Å². The molecule has 5 aliphatic heterocycles. The van der Waals surface area contributed by atoms with Crippen LogP contribution in [0.1, 0.15) is 44.6 Å². The maximum atomic E-state index is 17.0. The highest BCUT2D eigenvalue weighted by Gasteiger charge is 2.50. The fourth-order valence-electron chi connectivity index (χ4n) is 8.60. The maximum absolute atomic E-state index is 17.0. The number of ether oxygens (including phenoxy) is 2. The molecule has 0 amide bonds. The largest absolute Gasteiger partial charge is 0.472 e. The lowest BCUT2D eigenvalue weighted by atomic mass is 9.95. The summed E-state index contributed by atoms with van der Waals surface area (Å²) in [6.07, 6.45) is 4.79. The number of fused-ring (bicyclic) bond motifs is 7. The minimum Gasteiger partial charge on any atom is -0.472 e. The summed E-state index contributed by atoms with van der Waals surface area (Å²) in [6, 6.07) is 2.39. The van der Waals surface area contributed by atoms with Crippen molar-refractivity contribution < 1.29 is 18.3 Å². The van der Waals surface area contributed by atoms with Gasteiger partial charge in [0, 0.05) is 42.5 Å². The third-order valence-corrected chi connectivity index (χ3v) is 11.0. The van der Waals surface area contributed by atoms with Crippen molar-refractivity contribution in [2.45, 2.75) is 81.9 Å². The lowest BCUT2D eigenvalue weighted by Crippen LogP contribution is -2.62. The van der Waals surface area contributed by atoms with Crippen molar-refractivity contribution in [2.24, 2.45) is 0 Å². The molecular weight excluding hydrogens is 590 g/mol. The first kappa shape index (κ1) is 27.0. The smallest absolute Gasteiger partial charge is 0.319 e. The average Bonchev–Trinajstić information content (AvgIpc) is 3.76. The Bertz CT molecular complexity index is 1840. The Morgan fingerprint density at radius 1 is 1.23 bits per heavy atom. The third-order valence-electron chi connectivity index (χ3n) is 10.6. The lowest BCUT2D eigenvalue weighted by molar-refractivity contribution is 0.107. The number of nitrogens with zero attached hydrogens (tertiary/aromatic N) is 6. The van der Waals surface area contributed by atoms with Gasteiger partial charge in [0.1, 0.15) is 41.3 Å². The monoisotopic (exact) mass is 622 g/mol. The van der Waals surface area contributed by atoms with E-state index in [4.69, 9.17) is 31.0 Å². The van der Waals surface area contributed by atoms with Crippen molar-refractivity contribution in [1.82, 2.24) is 35.4 Å². The second-order valence-electron chi connectivity index (χ2n) is 13.2. The number of hydrogen-bond donors (Lipinski definition) is 2. The number of H-pyrrole nitrogens is 1. The highest BCUT2D eigenvalue weighted by molar-refractivity contribution is 6.35. The molecule has 0 spiro atoms. The summed E-state index contributed by atoms with van der Waals surface area (Å²) in [7, 11) is 0. The second-order valence-corrected chi connectivity index (χ2v) is 13.6. The first-order chi connectivity index (χ1) is 21.3. The van der Waals surface area contributed by atoms with Crippen molar-refractivity contribution in [3.63, 3.8) is 0 Å². The Balaban J connectivity index is 1.25. The molecule has 4 aromatic rings. The van der Waals surface area contributed by atoms with Crippen LogP contribution in [-0.4, -0.2) is 92.2 Å². The van der Waals surface area contributed by atoms with Gasteiger partial charge in [-0.05, 0) is 57.7 Å². The van der Waals surface area contributed by atoms with Crippen molar-refractivity contribution in [2.75, 3.05) is 31.1 Å². The van der Waals surface area contributed by atoms with Crippen LogP contribution >= 0.6 is 11.6 Å². The number of nitrogens with one attached hydrogen (secondary N) is 2. The van der Waals surface area contributed by atoms with E-state index in [2.05, 4.69) is 30.3 Å². The molecule has 5 aliphatic rings. The molecule has 0 saturated carbocycles. The van der Waals surface area contributed by atoms with Crippen LogP contribution in [0.4, 0.5) is 14.6 Å². The van der Waals surface area contributed by atoms with E-state index in [1.807, 2.05) is 19.9 Å². The molecule has 0 aliphatic carbocycles. The Morgan fingerprint density at radius 3 is 3.00 bits per heavy atom. The highest BCUT2D eigenvalue weighted by atomic mass is 35.5. The molecule has 44 heavy (non-hydrogen) atoms. The highest BCUT2D eigenvalue weighted by Crippen LogP contribution is 2.47. The molecule has 10 nitrogen and oxygen atoms in total. The minimum absolute atomic E-state index is 0.0338. The predicted octanol–water partition coefficient (Wildman–Crippen LogP) is 4.71. The topological polar surface area (TPSA) is 104 Å². The van der Waals surface area contributed by atoms with Gasteiger partial charge in [-0.3, -0.25) is 10.00 Å². The summed E-state index contributed by atoms with van der Waals surface area (Å²) >= 11 is 6.85. The van der Waals surface area contributed by atoms with E-state index in [0.717, 1.165) is 43.3 Å². The summed E-state index contributed by atoms with van der Waals surface area (Å²) in [5.41, 5.74) is 1.61. The predicted molar refractivity (Wildman–Crippen MR) is 162 cm³/mol. The molecule has 230 valence electrons.